The zero-order valence-electron chi connectivity index (χ0n) is 15.5. The van der Waals surface area contributed by atoms with Gasteiger partial charge in [0.2, 0.25) is 10.0 Å². The number of para-hydroxylation sites is 1. The van der Waals surface area contributed by atoms with E-state index < -0.39 is 10.0 Å². The summed E-state index contributed by atoms with van der Waals surface area (Å²) in [5.41, 5.74) is 1.82. The van der Waals surface area contributed by atoms with Crippen molar-refractivity contribution >= 4 is 32.4 Å². The highest BCUT2D eigenvalue weighted by atomic mass is 32.2. The molecule has 0 aliphatic heterocycles. The van der Waals surface area contributed by atoms with Crippen molar-refractivity contribution in [2.45, 2.75) is 4.90 Å². The predicted molar refractivity (Wildman–Crippen MR) is 109 cm³/mol. The molecular formula is C19H19N3O4S2. The van der Waals surface area contributed by atoms with Gasteiger partial charge in [0.15, 0.2) is 5.13 Å². The standard InChI is InChI=1S/C19H19N3O4S2/c1-22(2)28(24,25)14-10-8-13(9-11-14)16-12-27-19(20-16)21-18(23)15-6-4-5-7-17(15)26-3/h4-12H,1-3H3,(H,20,21,23). The van der Waals surface area contributed by atoms with Gasteiger partial charge in [0.05, 0.1) is 23.3 Å². The smallest absolute Gasteiger partial charge is 0.261 e. The molecule has 1 amide bonds. The molecule has 0 bridgehead atoms. The Balaban J connectivity index is 1.78. The van der Waals surface area contributed by atoms with E-state index in [0.717, 1.165) is 9.87 Å². The first kappa shape index (κ1) is 20.0. The molecule has 0 saturated carbocycles. The molecule has 0 spiro atoms. The second-order valence-electron chi connectivity index (χ2n) is 6.00. The lowest BCUT2D eigenvalue weighted by Crippen LogP contribution is -2.22. The molecule has 1 heterocycles. The van der Waals surface area contributed by atoms with E-state index in [2.05, 4.69) is 10.3 Å². The molecule has 0 atom stereocenters. The molecule has 1 aromatic heterocycles. The molecule has 9 heteroatoms. The molecule has 0 fully saturated rings. The number of sulfonamides is 1. The van der Waals surface area contributed by atoms with Crippen LogP contribution >= 0.6 is 11.3 Å². The van der Waals surface area contributed by atoms with Crippen LogP contribution < -0.4 is 10.1 Å². The van der Waals surface area contributed by atoms with E-state index in [1.165, 1.54) is 44.7 Å². The average molecular weight is 418 g/mol. The Labute approximate surface area is 167 Å². The second kappa shape index (κ2) is 8.09. The molecule has 0 aliphatic carbocycles. The van der Waals surface area contributed by atoms with Gasteiger partial charge in [-0.05, 0) is 24.3 Å². The number of nitrogens with one attached hydrogen (secondary N) is 1. The van der Waals surface area contributed by atoms with E-state index >= 15 is 0 Å². The number of hydrogen-bond acceptors (Lipinski definition) is 6. The number of amides is 1. The fourth-order valence-electron chi connectivity index (χ4n) is 2.47. The first-order chi connectivity index (χ1) is 13.3. The van der Waals surface area contributed by atoms with Gasteiger partial charge >= 0.3 is 0 Å². The zero-order chi connectivity index (χ0) is 20.3. The predicted octanol–water partition coefficient (Wildman–Crippen LogP) is 3.32. The fourth-order valence-corrected chi connectivity index (χ4v) is 4.09. The van der Waals surface area contributed by atoms with Crippen LogP contribution in [0.25, 0.3) is 11.3 Å². The summed E-state index contributed by atoms with van der Waals surface area (Å²) in [7, 11) is 1.00. The van der Waals surface area contributed by atoms with Crippen molar-refractivity contribution in [1.82, 2.24) is 9.29 Å². The fraction of sp³-hybridized carbons (Fsp3) is 0.158. The SMILES string of the molecule is COc1ccccc1C(=O)Nc1nc(-c2ccc(S(=O)(=O)N(C)C)cc2)cs1. The van der Waals surface area contributed by atoms with Crippen LogP contribution in [0.1, 0.15) is 10.4 Å². The average Bonchev–Trinajstić information content (AvgIpc) is 3.16. The quantitative estimate of drug-likeness (QED) is 0.665. The van der Waals surface area contributed by atoms with Crippen LogP contribution in [0.2, 0.25) is 0 Å². The maximum absolute atomic E-state index is 12.5. The molecule has 0 saturated heterocycles. The Bertz CT molecular complexity index is 1090. The van der Waals surface area contributed by atoms with Crippen LogP contribution in [0.15, 0.2) is 58.8 Å². The van der Waals surface area contributed by atoms with Gasteiger partial charge in [-0.1, -0.05) is 24.3 Å². The van der Waals surface area contributed by atoms with E-state index in [1.54, 1.807) is 41.8 Å². The first-order valence-electron chi connectivity index (χ1n) is 8.26. The molecule has 0 aliphatic rings. The van der Waals surface area contributed by atoms with Gasteiger partial charge < -0.3 is 4.74 Å². The zero-order valence-corrected chi connectivity index (χ0v) is 17.2. The molecule has 28 heavy (non-hydrogen) atoms. The number of thiazole rings is 1. The summed E-state index contributed by atoms with van der Waals surface area (Å²) in [5.74, 6) is 0.167. The molecule has 2 aromatic carbocycles. The van der Waals surface area contributed by atoms with E-state index in [9.17, 15) is 13.2 Å². The van der Waals surface area contributed by atoms with Gasteiger partial charge in [0, 0.05) is 25.0 Å². The number of hydrogen-bond donors (Lipinski definition) is 1. The van der Waals surface area contributed by atoms with Crippen molar-refractivity contribution in [3.05, 3.63) is 59.5 Å². The molecule has 3 aromatic rings. The second-order valence-corrected chi connectivity index (χ2v) is 9.01. The van der Waals surface area contributed by atoms with E-state index in [4.69, 9.17) is 4.74 Å². The lowest BCUT2D eigenvalue weighted by Gasteiger charge is -2.11. The number of rotatable bonds is 6. The van der Waals surface area contributed by atoms with Crippen molar-refractivity contribution in [3.63, 3.8) is 0 Å². The van der Waals surface area contributed by atoms with Gasteiger partial charge in [-0.15, -0.1) is 11.3 Å². The number of ether oxygens (including phenoxy) is 1. The monoisotopic (exact) mass is 417 g/mol. The Hall–Kier alpha value is -2.75. The number of carbonyl (C=O) groups excluding carboxylic acids is 1. The van der Waals surface area contributed by atoms with E-state index in [-0.39, 0.29) is 10.8 Å². The number of methoxy groups -OCH3 is 1. The van der Waals surface area contributed by atoms with Crippen molar-refractivity contribution in [2.24, 2.45) is 0 Å². The third kappa shape index (κ3) is 4.06. The van der Waals surface area contributed by atoms with Crippen LogP contribution in [0, 0.1) is 0 Å². The molecule has 7 nitrogen and oxygen atoms in total. The molecular weight excluding hydrogens is 398 g/mol. The van der Waals surface area contributed by atoms with Gasteiger partial charge in [-0.2, -0.15) is 0 Å². The Morgan fingerprint density at radius 3 is 2.43 bits per heavy atom. The molecule has 3 rings (SSSR count). The minimum atomic E-state index is -3.48. The topological polar surface area (TPSA) is 88.6 Å². The number of anilines is 1. The summed E-state index contributed by atoms with van der Waals surface area (Å²) >= 11 is 1.29. The molecule has 0 unspecified atom stereocenters. The van der Waals surface area contributed by atoms with Gasteiger partial charge in [0.1, 0.15) is 5.75 Å². The number of benzene rings is 2. The lowest BCUT2D eigenvalue weighted by molar-refractivity contribution is 0.102. The van der Waals surface area contributed by atoms with Crippen molar-refractivity contribution in [1.29, 1.82) is 0 Å². The van der Waals surface area contributed by atoms with E-state index in [1.807, 2.05) is 0 Å². The van der Waals surface area contributed by atoms with Crippen LogP contribution in [0.5, 0.6) is 5.75 Å². The summed E-state index contributed by atoms with van der Waals surface area (Å²) in [6, 6.07) is 13.4. The van der Waals surface area contributed by atoms with Crippen molar-refractivity contribution in [2.75, 3.05) is 26.5 Å². The number of nitrogens with zero attached hydrogens (tertiary/aromatic N) is 2. The summed E-state index contributed by atoms with van der Waals surface area (Å²) in [4.78, 5) is 17.1. The highest BCUT2D eigenvalue weighted by Crippen LogP contribution is 2.27. The van der Waals surface area contributed by atoms with Gasteiger partial charge in [0.25, 0.3) is 5.91 Å². The largest absolute Gasteiger partial charge is 0.496 e. The van der Waals surface area contributed by atoms with Crippen LogP contribution in [-0.2, 0) is 10.0 Å². The number of carbonyl (C=O) groups is 1. The van der Waals surface area contributed by atoms with Crippen LogP contribution in [0.3, 0.4) is 0 Å². The molecule has 1 N–H and O–H groups in total. The van der Waals surface area contributed by atoms with Crippen LogP contribution in [0.4, 0.5) is 5.13 Å². The summed E-state index contributed by atoms with van der Waals surface area (Å²) in [5, 5.41) is 5.00. The van der Waals surface area contributed by atoms with Gasteiger partial charge in [-0.25, -0.2) is 17.7 Å². The highest BCUT2D eigenvalue weighted by molar-refractivity contribution is 7.89. The Morgan fingerprint density at radius 1 is 1.11 bits per heavy atom. The van der Waals surface area contributed by atoms with E-state index in [0.29, 0.717) is 22.1 Å². The maximum atomic E-state index is 12.5. The third-order valence-corrected chi connectivity index (χ3v) is 6.59. The lowest BCUT2D eigenvalue weighted by atomic mass is 10.2. The normalized spacial score (nSPS) is 11.4. The minimum Gasteiger partial charge on any atom is -0.496 e. The summed E-state index contributed by atoms with van der Waals surface area (Å²) in [6.07, 6.45) is 0. The molecule has 146 valence electrons. The molecule has 0 radical (unpaired) electrons. The highest BCUT2D eigenvalue weighted by Gasteiger charge is 2.17. The Morgan fingerprint density at radius 2 is 1.79 bits per heavy atom. The Kier molecular flexibility index (Phi) is 5.78. The van der Waals surface area contributed by atoms with Crippen LogP contribution in [-0.4, -0.2) is 44.8 Å². The summed E-state index contributed by atoms with van der Waals surface area (Å²) in [6.45, 7) is 0. The van der Waals surface area contributed by atoms with Crippen molar-refractivity contribution in [3.8, 4) is 17.0 Å². The third-order valence-electron chi connectivity index (χ3n) is 4.00. The summed E-state index contributed by atoms with van der Waals surface area (Å²) < 4.78 is 30.7. The maximum Gasteiger partial charge on any atom is 0.261 e. The first-order valence-corrected chi connectivity index (χ1v) is 10.6. The number of aromatic nitrogens is 1. The van der Waals surface area contributed by atoms with Gasteiger partial charge in [-0.3, -0.25) is 10.1 Å². The minimum absolute atomic E-state index is 0.209. The van der Waals surface area contributed by atoms with Crippen molar-refractivity contribution < 1.29 is 17.9 Å².